The summed E-state index contributed by atoms with van der Waals surface area (Å²) in [5.74, 6) is 1.63. The van der Waals surface area contributed by atoms with Crippen molar-refractivity contribution < 1.29 is 18.6 Å². The number of halogens is 1. The van der Waals surface area contributed by atoms with Crippen molar-refractivity contribution in [3.8, 4) is 11.5 Å². The lowest BCUT2D eigenvalue weighted by Crippen LogP contribution is -2.30. The molecule has 0 unspecified atom stereocenters. The van der Waals surface area contributed by atoms with Crippen LogP contribution in [0.1, 0.15) is 18.1 Å². The monoisotopic (exact) mass is 375 g/mol. The number of methoxy groups -OCH3 is 2. The van der Waals surface area contributed by atoms with E-state index in [1.54, 1.807) is 33.4 Å². The molecule has 2 aromatic rings. The molecule has 146 valence electrons. The Bertz CT molecular complexity index is 781. The van der Waals surface area contributed by atoms with E-state index in [-0.39, 0.29) is 12.4 Å². The van der Waals surface area contributed by atoms with Crippen molar-refractivity contribution in [1.29, 1.82) is 0 Å². The number of hydrogen-bond donors (Lipinski definition) is 2. The second-order valence-electron chi connectivity index (χ2n) is 5.71. The van der Waals surface area contributed by atoms with E-state index in [0.29, 0.717) is 36.2 Å². The number of rotatable bonds is 8. The second kappa shape index (κ2) is 10.4. The highest BCUT2D eigenvalue weighted by Gasteiger charge is 2.08. The van der Waals surface area contributed by atoms with Crippen molar-refractivity contribution in [2.45, 2.75) is 20.1 Å². The van der Waals surface area contributed by atoms with Gasteiger partial charge in [-0.1, -0.05) is 6.07 Å². The molecule has 0 aliphatic rings. The molecule has 0 saturated heterocycles. The molecule has 2 aromatic carbocycles. The Labute approximate surface area is 159 Å². The molecule has 0 bridgehead atoms. The molecular formula is C20H26FN3O3. The van der Waals surface area contributed by atoms with Crippen molar-refractivity contribution in [3.05, 3.63) is 53.3 Å². The Morgan fingerprint density at radius 1 is 1.11 bits per heavy atom. The summed E-state index contributed by atoms with van der Waals surface area (Å²) in [6, 6.07) is 10.5. The molecule has 0 saturated carbocycles. The fraction of sp³-hybridized carbons (Fsp3) is 0.350. The first-order chi connectivity index (χ1) is 13.1. The van der Waals surface area contributed by atoms with Crippen LogP contribution < -0.4 is 20.1 Å². The Kier molecular flexibility index (Phi) is 7.88. The van der Waals surface area contributed by atoms with Crippen LogP contribution in [-0.2, 0) is 17.9 Å². The maximum Gasteiger partial charge on any atom is 0.195 e. The predicted octanol–water partition coefficient (Wildman–Crippen LogP) is 3.57. The number of nitrogens with zero attached hydrogens (tertiary/aromatic N) is 1. The number of anilines is 1. The summed E-state index contributed by atoms with van der Waals surface area (Å²) in [6.07, 6.45) is 0. The lowest BCUT2D eigenvalue weighted by atomic mass is 10.1. The minimum absolute atomic E-state index is 0.235. The highest BCUT2D eigenvalue weighted by molar-refractivity contribution is 5.93. The van der Waals surface area contributed by atoms with Gasteiger partial charge in [0.2, 0.25) is 0 Å². The topological polar surface area (TPSA) is 64.1 Å². The van der Waals surface area contributed by atoms with Crippen LogP contribution in [0.15, 0.2) is 41.4 Å². The van der Waals surface area contributed by atoms with E-state index in [1.165, 1.54) is 6.07 Å². The minimum Gasteiger partial charge on any atom is -0.493 e. The number of benzene rings is 2. The molecule has 27 heavy (non-hydrogen) atoms. The summed E-state index contributed by atoms with van der Waals surface area (Å²) in [6.45, 7) is 3.19. The molecule has 0 spiro atoms. The first-order valence-corrected chi connectivity index (χ1v) is 8.66. The third kappa shape index (κ3) is 5.86. The van der Waals surface area contributed by atoms with E-state index in [2.05, 4.69) is 15.6 Å². The summed E-state index contributed by atoms with van der Waals surface area (Å²) in [4.78, 5) is 4.22. The minimum atomic E-state index is -0.273. The Morgan fingerprint density at radius 3 is 2.59 bits per heavy atom. The standard InChI is InChI=1S/C20H26FN3O3/c1-5-27-19-11-16(7-9-18(19)26-4)24-20(22-2)23-12-14-6-8-17(21)15(10-14)13-25-3/h6-11H,5,12-13H2,1-4H3,(H2,22,23,24). The van der Waals surface area contributed by atoms with Gasteiger partial charge in [0.15, 0.2) is 17.5 Å². The van der Waals surface area contributed by atoms with Crippen molar-refractivity contribution in [2.75, 3.05) is 33.2 Å². The lowest BCUT2D eigenvalue weighted by molar-refractivity contribution is 0.181. The zero-order valence-corrected chi connectivity index (χ0v) is 16.1. The molecule has 2 N–H and O–H groups in total. The molecule has 0 radical (unpaired) electrons. The normalized spacial score (nSPS) is 11.2. The van der Waals surface area contributed by atoms with Gasteiger partial charge >= 0.3 is 0 Å². The van der Waals surface area contributed by atoms with Gasteiger partial charge in [0, 0.05) is 38.0 Å². The number of guanidine groups is 1. The van der Waals surface area contributed by atoms with Crippen molar-refractivity contribution in [1.82, 2.24) is 5.32 Å². The highest BCUT2D eigenvalue weighted by Crippen LogP contribution is 2.30. The maximum absolute atomic E-state index is 13.7. The predicted molar refractivity (Wildman–Crippen MR) is 105 cm³/mol. The summed E-state index contributed by atoms with van der Waals surface area (Å²) < 4.78 is 29.6. The zero-order chi connectivity index (χ0) is 19.6. The van der Waals surface area contributed by atoms with Crippen LogP contribution in [-0.4, -0.2) is 33.8 Å². The van der Waals surface area contributed by atoms with E-state index >= 15 is 0 Å². The largest absolute Gasteiger partial charge is 0.493 e. The summed E-state index contributed by atoms with van der Waals surface area (Å²) in [5, 5.41) is 6.41. The van der Waals surface area contributed by atoms with Crippen molar-refractivity contribution >= 4 is 11.6 Å². The van der Waals surface area contributed by atoms with Gasteiger partial charge in [0.1, 0.15) is 5.82 Å². The third-order valence-corrected chi connectivity index (χ3v) is 3.82. The first kappa shape index (κ1) is 20.5. The summed E-state index contributed by atoms with van der Waals surface area (Å²) in [7, 11) is 4.83. The molecule has 2 rings (SSSR count). The van der Waals surface area contributed by atoms with Crippen LogP contribution in [0.2, 0.25) is 0 Å². The smallest absolute Gasteiger partial charge is 0.195 e. The van der Waals surface area contributed by atoms with Crippen LogP contribution in [0, 0.1) is 5.82 Å². The molecule has 0 amide bonds. The number of hydrogen-bond acceptors (Lipinski definition) is 4. The Morgan fingerprint density at radius 2 is 1.93 bits per heavy atom. The number of aliphatic imine (C=N–C) groups is 1. The van der Waals surface area contributed by atoms with Crippen LogP contribution in [0.25, 0.3) is 0 Å². The Balaban J connectivity index is 2.04. The molecule has 0 atom stereocenters. The van der Waals surface area contributed by atoms with Gasteiger partial charge < -0.3 is 24.8 Å². The highest BCUT2D eigenvalue weighted by atomic mass is 19.1. The zero-order valence-electron chi connectivity index (χ0n) is 16.1. The lowest BCUT2D eigenvalue weighted by Gasteiger charge is -2.15. The van der Waals surface area contributed by atoms with Crippen molar-refractivity contribution in [3.63, 3.8) is 0 Å². The van der Waals surface area contributed by atoms with Crippen LogP contribution >= 0.6 is 0 Å². The SMILES string of the molecule is CCOc1cc(NC(=NC)NCc2ccc(F)c(COC)c2)ccc1OC. The van der Waals surface area contributed by atoms with Crippen LogP contribution in [0.4, 0.5) is 10.1 Å². The number of ether oxygens (including phenoxy) is 3. The van der Waals surface area contributed by atoms with Gasteiger partial charge in [-0.2, -0.15) is 0 Å². The quantitative estimate of drug-likeness (QED) is 0.546. The van der Waals surface area contributed by atoms with Gasteiger partial charge in [0.05, 0.1) is 20.3 Å². The van der Waals surface area contributed by atoms with Gasteiger partial charge in [-0.3, -0.25) is 4.99 Å². The van der Waals surface area contributed by atoms with E-state index in [9.17, 15) is 4.39 Å². The van der Waals surface area contributed by atoms with Gasteiger partial charge in [-0.15, -0.1) is 0 Å². The fourth-order valence-electron chi connectivity index (χ4n) is 2.53. The van der Waals surface area contributed by atoms with E-state index in [1.807, 2.05) is 25.1 Å². The van der Waals surface area contributed by atoms with E-state index in [4.69, 9.17) is 14.2 Å². The molecule has 0 aliphatic carbocycles. The molecule has 0 fully saturated rings. The van der Waals surface area contributed by atoms with E-state index < -0.39 is 0 Å². The van der Waals surface area contributed by atoms with Gasteiger partial charge in [-0.25, -0.2) is 4.39 Å². The average Bonchev–Trinajstić information content (AvgIpc) is 2.68. The van der Waals surface area contributed by atoms with Gasteiger partial charge in [-0.05, 0) is 36.8 Å². The molecule has 7 heteroatoms. The van der Waals surface area contributed by atoms with Gasteiger partial charge in [0.25, 0.3) is 0 Å². The Hall–Kier alpha value is -2.80. The molecule has 0 aromatic heterocycles. The molecule has 6 nitrogen and oxygen atoms in total. The second-order valence-corrected chi connectivity index (χ2v) is 5.71. The van der Waals surface area contributed by atoms with Crippen LogP contribution in [0.5, 0.6) is 11.5 Å². The molecular weight excluding hydrogens is 349 g/mol. The average molecular weight is 375 g/mol. The summed E-state index contributed by atoms with van der Waals surface area (Å²) >= 11 is 0. The van der Waals surface area contributed by atoms with E-state index in [0.717, 1.165) is 11.3 Å². The number of nitrogens with one attached hydrogen (secondary N) is 2. The summed E-state index contributed by atoms with van der Waals surface area (Å²) in [5.41, 5.74) is 2.26. The van der Waals surface area contributed by atoms with Crippen LogP contribution in [0.3, 0.4) is 0 Å². The maximum atomic E-state index is 13.7. The molecule has 0 aliphatic heterocycles. The van der Waals surface area contributed by atoms with Crippen molar-refractivity contribution in [2.24, 2.45) is 4.99 Å². The molecule has 0 heterocycles. The first-order valence-electron chi connectivity index (χ1n) is 8.66. The third-order valence-electron chi connectivity index (χ3n) is 3.82. The fourth-order valence-corrected chi connectivity index (χ4v) is 2.53.